The summed E-state index contributed by atoms with van der Waals surface area (Å²) in [5, 5.41) is 15.1. The quantitative estimate of drug-likeness (QED) is 0.639. The van der Waals surface area contributed by atoms with E-state index in [1.807, 2.05) is 17.8 Å². The van der Waals surface area contributed by atoms with E-state index in [1.54, 1.807) is 18.2 Å². The number of nitro groups is 1. The predicted octanol–water partition coefficient (Wildman–Crippen LogP) is 3.53. The van der Waals surface area contributed by atoms with Gasteiger partial charge in [0.2, 0.25) is 0 Å². The minimum atomic E-state index is -0.330. The Labute approximate surface area is 118 Å². The molecule has 0 aliphatic carbocycles. The molecule has 104 valence electrons. The van der Waals surface area contributed by atoms with Crippen LogP contribution in [0.25, 0.3) is 0 Å². The van der Waals surface area contributed by atoms with Crippen molar-refractivity contribution in [1.29, 1.82) is 0 Å². The third kappa shape index (κ3) is 3.94. The van der Waals surface area contributed by atoms with Gasteiger partial charge < -0.3 is 5.32 Å². The lowest BCUT2D eigenvalue weighted by Gasteiger charge is -2.19. The van der Waals surface area contributed by atoms with Gasteiger partial charge in [-0.3, -0.25) is 10.1 Å². The second-order valence-corrected chi connectivity index (χ2v) is 6.26. The summed E-state index contributed by atoms with van der Waals surface area (Å²) in [6.45, 7) is 3.10. The number of non-ortho nitro benzene ring substituents is 1. The molecular formula is C14H20N2O2S. The van der Waals surface area contributed by atoms with Gasteiger partial charge in [-0.25, -0.2) is 0 Å². The number of hydrogen-bond acceptors (Lipinski definition) is 4. The molecule has 0 amide bonds. The summed E-state index contributed by atoms with van der Waals surface area (Å²) >= 11 is 2.03. The molecule has 1 aromatic carbocycles. The van der Waals surface area contributed by atoms with Crippen LogP contribution in [0.15, 0.2) is 24.3 Å². The maximum Gasteiger partial charge on any atom is 0.269 e. The van der Waals surface area contributed by atoms with E-state index in [9.17, 15) is 10.1 Å². The Kier molecular flexibility index (Phi) is 5.22. The van der Waals surface area contributed by atoms with Crippen molar-refractivity contribution in [3.63, 3.8) is 0 Å². The lowest BCUT2D eigenvalue weighted by Crippen LogP contribution is -2.27. The Bertz CT molecular complexity index is 433. The highest BCUT2D eigenvalue weighted by Gasteiger charge is 2.18. The fourth-order valence-corrected chi connectivity index (χ4v) is 3.65. The average molecular weight is 280 g/mol. The van der Waals surface area contributed by atoms with Crippen LogP contribution in [0.3, 0.4) is 0 Å². The molecule has 1 aliphatic rings. The van der Waals surface area contributed by atoms with E-state index in [2.05, 4.69) is 12.2 Å². The van der Waals surface area contributed by atoms with Crippen molar-refractivity contribution < 1.29 is 4.92 Å². The summed E-state index contributed by atoms with van der Waals surface area (Å²) in [4.78, 5) is 10.5. The van der Waals surface area contributed by atoms with Crippen LogP contribution >= 0.6 is 11.8 Å². The van der Waals surface area contributed by atoms with Gasteiger partial charge in [-0.05, 0) is 30.6 Å². The molecule has 2 atom stereocenters. The highest BCUT2D eigenvalue weighted by molar-refractivity contribution is 8.00. The highest BCUT2D eigenvalue weighted by Crippen LogP contribution is 2.27. The number of nitrogens with zero attached hydrogens (tertiary/aromatic N) is 1. The molecule has 19 heavy (non-hydrogen) atoms. The van der Waals surface area contributed by atoms with E-state index in [0.29, 0.717) is 5.25 Å². The minimum Gasteiger partial charge on any atom is -0.309 e. The van der Waals surface area contributed by atoms with E-state index < -0.39 is 0 Å². The van der Waals surface area contributed by atoms with Crippen molar-refractivity contribution in [3.05, 3.63) is 39.9 Å². The first-order valence-electron chi connectivity index (χ1n) is 6.80. The van der Waals surface area contributed by atoms with E-state index in [0.717, 1.165) is 18.5 Å². The number of nitrogens with one attached hydrogen (secondary N) is 1. The fraction of sp³-hybridized carbons (Fsp3) is 0.571. The topological polar surface area (TPSA) is 55.2 Å². The Hall–Kier alpha value is -1.07. The molecule has 1 fully saturated rings. The van der Waals surface area contributed by atoms with Crippen LogP contribution in [0.1, 0.15) is 37.8 Å². The zero-order valence-corrected chi connectivity index (χ0v) is 12.0. The van der Waals surface area contributed by atoms with Crippen LogP contribution < -0.4 is 5.32 Å². The zero-order valence-electron chi connectivity index (χ0n) is 11.2. The molecule has 0 radical (unpaired) electrons. The van der Waals surface area contributed by atoms with Crippen molar-refractivity contribution in [2.45, 2.75) is 37.5 Å². The van der Waals surface area contributed by atoms with Gasteiger partial charge in [0, 0.05) is 30.0 Å². The summed E-state index contributed by atoms with van der Waals surface area (Å²) < 4.78 is 0. The molecule has 0 bridgehead atoms. The van der Waals surface area contributed by atoms with Crippen LogP contribution in [0.2, 0.25) is 0 Å². The van der Waals surface area contributed by atoms with Crippen LogP contribution in [0, 0.1) is 10.1 Å². The second kappa shape index (κ2) is 6.91. The van der Waals surface area contributed by atoms with Gasteiger partial charge in [-0.15, -0.1) is 0 Å². The Morgan fingerprint density at radius 3 is 3.05 bits per heavy atom. The van der Waals surface area contributed by atoms with Crippen molar-refractivity contribution in [2.75, 3.05) is 12.3 Å². The number of thioether (sulfide) groups is 1. The monoisotopic (exact) mass is 280 g/mol. The summed E-state index contributed by atoms with van der Waals surface area (Å²) in [6.07, 6.45) is 3.53. The number of hydrogen-bond donors (Lipinski definition) is 1. The fourth-order valence-electron chi connectivity index (χ4n) is 2.43. The maximum atomic E-state index is 10.8. The average Bonchev–Trinajstić information content (AvgIpc) is 2.93. The Morgan fingerprint density at radius 1 is 1.58 bits per heavy atom. The molecule has 4 nitrogen and oxygen atoms in total. The standard InChI is InChI=1S/C14H20N2O2S/c1-2-14(15-10-13-7-4-8-19-13)11-5-3-6-12(9-11)16(17)18/h3,5-6,9,13-15H,2,4,7-8,10H2,1H3. The minimum absolute atomic E-state index is 0.174. The van der Waals surface area contributed by atoms with Gasteiger partial charge in [0.05, 0.1) is 4.92 Å². The normalized spacial score (nSPS) is 20.4. The van der Waals surface area contributed by atoms with Crippen molar-refractivity contribution in [1.82, 2.24) is 5.32 Å². The van der Waals surface area contributed by atoms with Gasteiger partial charge in [0.25, 0.3) is 5.69 Å². The molecule has 1 saturated heterocycles. The lowest BCUT2D eigenvalue weighted by molar-refractivity contribution is -0.384. The van der Waals surface area contributed by atoms with E-state index in [1.165, 1.54) is 18.6 Å². The van der Waals surface area contributed by atoms with Gasteiger partial charge in [-0.2, -0.15) is 11.8 Å². The molecule has 0 aromatic heterocycles. The summed E-state index contributed by atoms with van der Waals surface area (Å²) in [7, 11) is 0. The number of benzene rings is 1. The third-order valence-electron chi connectivity index (χ3n) is 3.51. The van der Waals surface area contributed by atoms with Crippen LogP contribution in [-0.2, 0) is 0 Å². The second-order valence-electron chi connectivity index (χ2n) is 4.86. The molecule has 0 spiro atoms. The molecule has 1 N–H and O–H groups in total. The SMILES string of the molecule is CCC(NCC1CCCS1)c1cccc([N+](=O)[O-])c1. The van der Waals surface area contributed by atoms with Crippen LogP contribution in [0.4, 0.5) is 5.69 Å². The molecule has 1 heterocycles. The Morgan fingerprint density at radius 2 is 2.42 bits per heavy atom. The summed E-state index contributed by atoms with van der Waals surface area (Å²) in [6, 6.07) is 7.17. The zero-order chi connectivity index (χ0) is 13.7. The summed E-state index contributed by atoms with van der Waals surface area (Å²) in [5.74, 6) is 1.26. The third-order valence-corrected chi connectivity index (χ3v) is 4.91. The van der Waals surface area contributed by atoms with Crippen LogP contribution in [-0.4, -0.2) is 22.5 Å². The van der Waals surface area contributed by atoms with Crippen LogP contribution in [0.5, 0.6) is 0 Å². The first-order chi connectivity index (χ1) is 9.20. The molecule has 0 saturated carbocycles. The largest absolute Gasteiger partial charge is 0.309 e. The van der Waals surface area contributed by atoms with Crippen molar-refractivity contribution in [3.8, 4) is 0 Å². The van der Waals surface area contributed by atoms with E-state index in [4.69, 9.17) is 0 Å². The first kappa shape index (κ1) is 14.3. The van der Waals surface area contributed by atoms with Gasteiger partial charge in [-0.1, -0.05) is 19.1 Å². The number of nitro benzene ring substituents is 1. The van der Waals surface area contributed by atoms with Gasteiger partial charge in [0.1, 0.15) is 0 Å². The lowest BCUT2D eigenvalue weighted by atomic mass is 10.0. The summed E-state index contributed by atoms with van der Waals surface area (Å²) in [5.41, 5.74) is 1.19. The molecular weight excluding hydrogens is 260 g/mol. The predicted molar refractivity (Wildman–Crippen MR) is 79.6 cm³/mol. The van der Waals surface area contributed by atoms with Gasteiger partial charge >= 0.3 is 0 Å². The Balaban J connectivity index is 1.99. The molecule has 2 unspecified atom stereocenters. The molecule has 1 aliphatic heterocycles. The van der Waals surface area contributed by atoms with Crippen molar-refractivity contribution >= 4 is 17.4 Å². The highest BCUT2D eigenvalue weighted by atomic mass is 32.2. The van der Waals surface area contributed by atoms with E-state index in [-0.39, 0.29) is 16.7 Å². The first-order valence-corrected chi connectivity index (χ1v) is 7.85. The smallest absolute Gasteiger partial charge is 0.269 e. The molecule has 5 heteroatoms. The maximum absolute atomic E-state index is 10.8. The van der Waals surface area contributed by atoms with E-state index >= 15 is 0 Å². The molecule has 1 aromatic rings. The molecule has 2 rings (SSSR count). The number of rotatable bonds is 6. The van der Waals surface area contributed by atoms with Gasteiger partial charge in [0.15, 0.2) is 0 Å². The van der Waals surface area contributed by atoms with Crippen molar-refractivity contribution in [2.24, 2.45) is 0 Å².